The minimum absolute atomic E-state index is 0.0951. The number of nitrogens with one attached hydrogen (secondary N) is 6. The van der Waals surface area contributed by atoms with Crippen LogP contribution >= 0.6 is 0 Å². The molecule has 768 valence electrons. The molecule has 0 unspecified atom stereocenters. The third-order valence-electron chi connectivity index (χ3n) is 27.2. The smallest absolute Gasteiger partial charge is 0.262 e. The number of benzene rings is 8. The van der Waals surface area contributed by atoms with Crippen molar-refractivity contribution in [2.75, 3.05) is 247 Å². The SMILES string of the molecule is COCCNC(=O)/C(C#N)=C(\C)c1ccc(-c2ccc3cc(N4CCN(C)CC4)ccc3c2)n1C.COCCNC(=O)/C(C#N)=C(\C)c1ccc(-c2ccc3cc(NCCN4CCOCC4)ccc3c2)n1C.COCCNS(=O)(=O)/C(C#N)=C(\C)c1ccc(-c2ccc3cc(N4CCN(C)CC4)ccc3c2)n1C.COCCNS(=O)(=O)/C(C#N)=C(\C)c1ccc(-c2ccc3cc(NCCN4CCOCC4)ccc3c2)n1C. The van der Waals surface area contributed by atoms with Crippen molar-refractivity contribution in [3.63, 3.8) is 0 Å². The molecule has 8 heterocycles. The van der Waals surface area contributed by atoms with Crippen LogP contribution in [0.1, 0.15) is 50.5 Å². The van der Waals surface area contributed by atoms with E-state index in [0.717, 1.165) is 220 Å². The van der Waals surface area contributed by atoms with Crippen LogP contribution in [0, 0.1) is 45.3 Å². The van der Waals surface area contributed by atoms with Gasteiger partial charge in [0.05, 0.1) is 52.9 Å². The van der Waals surface area contributed by atoms with Crippen LogP contribution in [0.5, 0.6) is 0 Å². The van der Waals surface area contributed by atoms with E-state index in [-0.39, 0.29) is 59.1 Å². The molecule has 0 bridgehead atoms. The number of hydrogen-bond acceptors (Lipinski definition) is 24. The summed E-state index contributed by atoms with van der Waals surface area (Å²) in [7, 11) is 10.2. The fraction of sp³-hybridized carbons (Fsp3) is 0.375. The summed E-state index contributed by atoms with van der Waals surface area (Å²) in [6.07, 6.45) is 0. The average molecular weight is 2020 g/mol. The van der Waals surface area contributed by atoms with Crippen LogP contribution in [0.4, 0.5) is 22.7 Å². The Morgan fingerprint density at radius 2 is 0.610 bits per heavy atom. The number of fused-ring (bicyclic) bond motifs is 4. The molecule has 0 atom stereocenters. The van der Waals surface area contributed by atoms with Gasteiger partial charge in [0.25, 0.3) is 31.9 Å². The van der Waals surface area contributed by atoms with E-state index < -0.39 is 20.0 Å². The number of carbonyl (C=O) groups excluding carboxylic acids is 2. The highest BCUT2D eigenvalue weighted by molar-refractivity contribution is 7.94. The van der Waals surface area contributed by atoms with Crippen LogP contribution in [0.2, 0.25) is 0 Å². The van der Waals surface area contributed by atoms with Crippen molar-refractivity contribution >= 4 is 120 Å². The first-order valence-corrected chi connectivity index (χ1v) is 52.2. The molecule has 8 aromatic carbocycles. The Hall–Kier alpha value is -13.6. The van der Waals surface area contributed by atoms with Crippen LogP contribution in [0.25, 0.3) is 110 Å². The van der Waals surface area contributed by atoms with Crippen molar-refractivity contribution in [2.24, 2.45) is 28.2 Å². The van der Waals surface area contributed by atoms with Gasteiger partial charge >= 0.3 is 0 Å². The number of nitriles is 4. The number of morpholine rings is 2. The van der Waals surface area contributed by atoms with Gasteiger partial charge < -0.3 is 87.6 Å². The minimum atomic E-state index is -3.95. The Balaban J connectivity index is 0.000000163. The van der Waals surface area contributed by atoms with E-state index >= 15 is 0 Å². The van der Waals surface area contributed by atoms with E-state index in [0.29, 0.717) is 60.0 Å². The number of methoxy groups -OCH3 is 4. The van der Waals surface area contributed by atoms with Gasteiger partial charge in [-0.15, -0.1) is 0 Å². The predicted octanol–water partition coefficient (Wildman–Crippen LogP) is 14.1. The molecule has 16 rings (SSSR count). The molecular formula is C112H136N20O12S2. The predicted molar refractivity (Wildman–Crippen MR) is 585 cm³/mol. The first kappa shape index (κ1) is 110. The van der Waals surface area contributed by atoms with Gasteiger partial charge in [0, 0.05) is 267 Å². The Bertz CT molecular complexity index is 7180. The van der Waals surface area contributed by atoms with Gasteiger partial charge in [0.2, 0.25) is 0 Å². The lowest BCUT2D eigenvalue weighted by Gasteiger charge is -2.34. The van der Waals surface area contributed by atoms with Crippen molar-refractivity contribution in [3.8, 4) is 69.3 Å². The molecule has 4 aromatic heterocycles. The summed E-state index contributed by atoms with van der Waals surface area (Å²) in [6.45, 7) is 28.5. The second-order valence-corrected chi connectivity index (χ2v) is 40.1. The van der Waals surface area contributed by atoms with E-state index in [2.05, 4.69) is 232 Å². The molecule has 2 amide bonds. The summed E-state index contributed by atoms with van der Waals surface area (Å²) < 4.78 is 94.1. The fourth-order valence-electron chi connectivity index (χ4n) is 18.6. The number of carbonyl (C=O) groups is 2. The van der Waals surface area contributed by atoms with Gasteiger partial charge in [-0.3, -0.25) is 19.4 Å². The standard InChI is InChI=1S/C29H35N5O3.C28H35N5O4S.C28H33N5O2.C27H33N5O3S/c1-21(26(20-30)29(35)32-11-15-36-3)27-8-9-28(33(27)2)24-5-4-23-19-25(7-6-22(23)18-24)31-10-12-34-13-16-37-17-14-34;1-21(28(20-29)38(34,35)31-11-15-36-3)26-8-9-27(32(26)2)24-5-4-23-19-25(7-6-22(23)18-24)30-10-12-33-13-16-37-17-14-33;1-20(25(19-29)28(34)30-11-16-35-4)26-9-10-27(32(26)3)23-6-5-22-18-24(8-7-21(22)17-23)33-14-12-31(2)13-15-33;1-20(27(19-28)36(33,34)29-11-16-35-4)25-9-10-26(31(25)3)23-6-5-22-18-24(8-7-21(22)17-23)32-14-12-30(2)13-15-32/h4-9,18-19,31H,10-17H2,1-3H3,(H,32,35);4-9,18-19,30-31H,10-17H2,1-3H3;5-10,17-18H,11-16H2,1-4H3,(H,30,34);5-10,17-18,29H,11-16H2,1-4H3/b26-21+;28-21+;25-20+;27-20+. The number of rotatable bonds is 36. The summed E-state index contributed by atoms with van der Waals surface area (Å²) in [6, 6.07) is 75.1. The molecule has 0 aliphatic carbocycles. The topological polar surface area (TPSA) is 364 Å². The molecule has 32 nitrogen and oxygen atoms in total. The minimum Gasteiger partial charge on any atom is -0.384 e. The lowest BCUT2D eigenvalue weighted by atomic mass is 10.0. The van der Waals surface area contributed by atoms with Crippen LogP contribution in [0.3, 0.4) is 0 Å². The lowest BCUT2D eigenvalue weighted by Crippen LogP contribution is -2.44. The number of amides is 2. The first-order valence-electron chi connectivity index (χ1n) is 49.2. The average Bonchev–Trinajstić information content (AvgIpc) is 1.68. The number of allylic oxidation sites excluding steroid dienone is 6. The molecule has 6 N–H and O–H groups in total. The van der Waals surface area contributed by atoms with Crippen molar-refractivity contribution < 1.29 is 54.8 Å². The summed E-state index contributed by atoms with van der Waals surface area (Å²) in [5.41, 5.74) is 18.1. The number of sulfonamides is 2. The highest BCUT2D eigenvalue weighted by Crippen LogP contribution is 2.38. The highest BCUT2D eigenvalue weighted by Gasteiger charge is 2.28. The molecule has 4 aliphatic heterocycles. The second-order valence-electron chi connectivity index (χ2n) is 36.7. The molecule has 146 heavy (non-hydrogen) atoms. The van der Waals surface area contributed by atoms with Gasteiger partial charge in [-0.1, -0.05) is 72.8 Å². The van der Waals surface area contributed by atoms with E-state index in [9.17, 15) is 47.5 Å². The summed E-state index contributed by atoms with van der Waals surface area (Å²) in [4.78, 5) is 38.8. The van der Waals surface area contributed by atoms with Gasteiger partial charge in [0.15, 0.2) is 9.81 Å². The van der Waals surface area contributed by atoms with Crippen LogP contribution in [0.15, 0.2) is 215 Å². The zero-order chi connectivity index (χ0) is 104. The number of nitrogens with zero attached hydrogens (tertiary/aromatic N) is 14. The molecule has 4 saturated heterocycles. The van der Waals surface area contributed by atoms with Crippen LogP contribution < -0.4 is 40.5 Å². The normalized spacial score (nSPS) is 15.2. The summed E-state index contributed by atoms with van der Waals surface area (Å²) in [5, 5.41) is 60.4. The van der Waals surface area contributed by atoms with Crippen molar-refractivity contribution in [1.82, 2.24) is 57.9 Å². The maximum atomic E-state index is 12.7. The second kappa shape index (κ2) is 52.4. The summed E-state index contributed by atoms with van der Waals surface area (Å²) in [5.74, 6) is -0.772. The maximum absolute atomic E-state index is 12.7. The zero-order valence-electron chi connectivity index (χ0n) is 86.3. The molecule has 4 fully saturated rings. The van der Waals surface area contributed by atoms with E-state index in [1.165, 1.54) is 47.1 Å². The maximum Gasteiger partial charge on any atom is 0.262 e. The fourth-order valence-corrected chi connectivity index (χ4v) is 20.9. The van der Waals surface area contributed by atoms with E-state index in [1.807, 2.05) is 121 Å². The highest BCUT2D eigenvalue weighted by atomic mass is 32.2. The molecule has 0 spiro atoms. The third-order valence-corrected chi connectivity index (χ3v) is 30.3. The van der Waals surface area contributed by atoms with Crippen molar-refractivity contribution in [1.29, 1.82) is 21.0 Å². The Morgan fingerprint density at radius 1 is 0.329 bits per heavy atom. The van der Waals surface area contributed by atoms with E-state index in [4.69, 9.17) is 28.4 Å². The molecule has 0 saturated carbocycles. The van der Waals surface area contributed by atoms with Gasteiger partial charge in [-0.2, -0.15) is 21.0 Å². The number of hydrogen-bond donors (Lipinski definition) is 6. The van der Waals surface area contributed by atoms with E-state index in [1.54, 1.807) is 28.1 Å². The Labute approximate surface area is 858 Å². The van der Waals surface area contributed by atoms with Crippen molar-refractivity contribution in [3.05, 3.63) is 238 Å². The third kappa shape index (κ3) is 27.8. The quantitative estimate of drug-likeness (QED) is 0.0121. The van der Waals surface area contributed by atoms with Gasteiger partial charge in [-0.25, -0.2) is 26.3 Å². The van der Waals surface area contributed by atoms with Crippen LogP contribution in [-0.4, -0.2) is 293 Å². The monoisotopic (exact) mass is 2020 g/mol. The molecular weight excluding hydrogens is 1880 g/mol. The van der Waals surface area contributed by atoms with Gasteiger partial charge in [0.1, 0.15) is 35.4 Å². The number of anilines is 4. The Kier molecular flexibility index (Phi) is 39.4. The largest absolute Gasteiger partial charge is 0.384 e. The van der Waals surface area contributed by atoms with Gasteiger partial charge in [-0.05, 0) is 240 Å². The number of likely N-dealkylation sites (N-methyl/N-ethyl adjacent to an activating group) is 2. The molecule has 34 heteroatoms. The van der Waals surface area contributed by atoms with Crippen molar-refractivity contribution in [2.45, 2.75) is 27.7 Å². The molecule has 4 aliphatic rings. The lowest BCUT2D eigenvalue weighted by molar-refractivity contribution is -0.118. The first-order chi connectivity index (χ1) is 70.5. The summed E-state index contributed by atoms with van der Waals surface area (Å²) >= 11 is 0. The van der Waals surface area contributed by atoms with Crippen LogP contribution in [-0.2, 0) is 86.2 Å². The number of piperazine rings is 2. The Morgan fingerprint density at radius 3 is 0.911 bits per heavy atom. The molecule has 12 aromatic rings. The zero-order valence-corrected chi connectivity index (χ0v) is 87.9. The molecule has 0 radical (unpaired) electrons. The number of aromatic nitrogens is 4. The number of ether oxygens (including phenoxy) is 6.